The fourth-order valence-corrected chi connectivity index (χ4v) is 2.33. The van der Waals surface area contributed by atoms with Crippen LogP contribution in [0.1, 0.15) is 77.6 Å². The first kappa shape index (κ1) is 31.5. The number of aliphatic hydroxyl groups excluding tert-OH is 1. The van der Waals surface area contributed by atoms with E-state index in [0.29, 0.717) is 6.42 Å². The van der Waals surface area contributed by atoms with Gasteiger partial charge in [0, 0.05) is 0 Å². The standard InChI is InChI=1S/C12H26O4S.C4H6O5.Na/c1-2-3-4-5-6-7-8-9-10-11-12-16-17(13,14)15;5-2(4(8)9)1-3(6)7;/h2-12H2,1H3,(H,13,14,15);2,5H,1H2,(H,6,7)(H,8,9);/q;;+1/p-1. The van der Waals surface area contributed by atoms with Crippen molar-refractivity contribution in [3.63, 3.8) is 0 Å². The molecule has 0 aromatic heterocycles. The second kappa shape index (κ2) is 20.5. The number of carbonyl (C=O) groups is 2. The average Bonchev–Trinajstić information content (AvgIpc) is 2.51. The number of rotatable bonds is 15. The van der Waals surface area contributed by atoms with E-state index >= 15 is 0 Å². The fourth-order valence-electron chi connectivity index (χ4n) is 2.00. The first-order chi connectivity index (χ1) is 12.1. The number of carboxylic acid groups (broad SMARTS) is 2. The van der Waals surface area contributed by atoms with Crippen molar-refractivity contribution in [2.45, 2.75) is 83.7 Å². The van der Waals surface area contributed by atoms with Crippen molar-refractivity contribution in [3.05, 3.63) is 0 Å². The number of carbonyl (C=O) groups excluding carboxylic acids is 1. The van der Waals surface area contributed by atoms with Gasteiger partial charge in [-0.2, -0.15) is 8.42 Å². The molecule has 0 aromatic rings. The molecular formula is C16H31NaO9S. The summed E-state index contributed by atoms with van der Waals surface area (Å²) in [5.41, 5.74) is 0. The van der Waals surface area contributed by atoms with E-state index in [9.17, 15) is 23.1 Å². The van der Waals surface area contributed by atoms with Crippen LogP contribution in [0.4, 0.5) is 0 Å². The van der Waals surface area contributed by atoms with Crippen molar-refractivity contribution < 1.29 is 71.6 Å². The van der Waals surface area contributed by atoms with E-state index in [2.05, 4.69) is 11.1 Å². The number of aliphatic hydroxyl groups is 1. The van der Waals surface area contributed by atoms with E-state index in [0.717, 1.165) is 12.8 Å². The summed E-state index contributed by atoms with van der Waals surface area (Å²) in [5.74, 6) is -3.14. The van der Waals surface area contributed by atoms with Crippen LogP contribution >= 0.6 is 0 Å². The summed E-state index contributed by atoms with van der Waals surface area (Å²) in [6.07, 6.45) is 9.13. The minimum absolute atomic E-state index is 0. The first-order valence-corrected chi connectivity index (χ1v) is 10.2. The van der Waals surface area contributed by atoms with Gasteiger partial charge in [-0.15, -0.1) is 0 Å². The van der Waals surface area contributed by atoms with Crippen molar-refractivity contribution in [2.75, 3.05) is 6.61 Å². The van der Waals surface area contributed by atoms with Crippen LogP contribution in [0.25, 0.3) is 0 Å². The number of aliphatic carboxylic acids is 2. The van der Waals surface area contributed by atoms with Crippen molar-refractivity contribution in [2.24, 2.45) is 0 Å². The first-order valence-electron chi connectivity index (χ1n) is 8.82. The Kier molecular flexibility index (Phi) is 23.9. The summed E-state index contributed by atoms with van der Waals surface area (Å²) in [5, 5.41) is 25.7. The second-order valence-corrected chi connectivity index (χ2v) is 6.96. The molecule has 0 radical (unpaired) electrons. The van der Waals surface area contributed by atoms with Gasteiger partial charge in [-0.1, -0.05) is 64.7 Å². The minimum Gasteiger partial charge on any atom is -0.547 e. The van der Waals surface area contributed by atoms with Crippen molar-refractivity contribution in [3.8, 4) is 0 Å². The van der Waals surface area contributed by atoms with Crippen molar-refractivity contribution in [1.82, 2.24) is 0 Å². The van der Waals surface area contributed by atoms with Crippen molar-refractivity contribution >= 4 is 22.3 Å². The molecule has 0 saturated carbocycles. The van der Waals surface area contributed by atoms with Gasteiger partial charge >= 0.3 is 45.9 Å². The number of unbranched alkanes of at least 4 members (excludes halogenated alkanes) is 9. The van der Waals surface area contributed by atoms with Gasteiger partial charge in [0.25, 0.3) is 0 Å². The predicted octanol–water partition coefficient (Wildman–Crippen LogP) is -1.70. The van der Waals surface area contributed by atoms with Gasteiger partial charge in [0.05, 0.1) is 19.0 Å². The molecule has 0 aliphatic heterocycles. The molecule has 0 fully saturated rings. The Balaban J connectivity index is -0.000000491. The van der Waals surface area contributed by atoms with Crippen LogP contribution < -0.4 is 34.7 Å². The third-order valence-electron chi connectivity index (χ3n) is 3.37. The van der Waals surface area contributed by atoms with Crippen LogP contribution in [-0.4, -0.2) is 47.8 Å². The number of carboxylic acids is 2. The van der Waals surface area contributed by atoms with Crippen LogP contribution in [0.5, 0.6) is 0 Å². The van der Waals surface area contributed by atoms with Gasteiger partial charge < -0.3 is 20.1 Å². The Hall–Kier alpha value is -0.230. The maximum absolute atomic E-state index is 10.2. The van der Waals surface area contributed by atoms with Gasteiger partial charge in [0.2, 0.25) is 0 Å². The van der Waals surface area contributed by atoms with Gasteiger partial charge in [0.15, 0.2) is 0 Å². The molecule has 0 rings (SSSR count). The summed E-state index contributed by atoms with van der Waals surface area (Å²) in [6, 6.07) is 0. The molecule has 0 aromatic carbocycles. The van der Waals surface area contributed by atoms with Gasteiger partial charge in [-0.25, -0.2) is 4.18 Å². The molecule has 0 aliphatic carbocycles. The van der Waals surface area contributed by atoms with E-state index in [1.807, 2.05) is 0 Å². The van der Waals surface area contributed by atoms with E-state index in [-0.39, 0.29) is 36.2 Å². The molecule has 0 aliphatic rings. The molecule has 0 heterocycles. The third-order valence-corrected chi connectivity index (χ3v) is 3.83. The Morgan fingerprint density at radius 2 is 1.37 bits per heavy atom. The van der Waals surface area contributed by atoms with E-state index in [4.69, 9.17) is 14.8 Å². The quantitative estimate of drug-likeness (QED) is 0.159. The molecule has 1 atom stereocenters. The van der Waals surface area contributed by atoms with Gasteiger partial charge in [-0.05, 0) is 6.42 Å². The predicted molar refractivity (Wildman–Crippen MR) is 92.6 cm³/mol. The third kappa shape index (κ3) is 30.7. The summed E-state index contributed by atoms with van der Waals surface area (Å²) >= 11 is 0. The molecule has 27 heavy (non-hydrogen) atoms. The second-order valence-electron chi connectivity index (χ2n) is 5.86. The molecule has 0 bridgehead atoms. The van der Waals surface area contributed by atoms with Crippen LogP contribution in [0.15, 0.2) is 0 Å². The maximum atomic E-state index is 10.2. The Bertz CT molecular complexity index is 469. The van der Waals surface area contributed by atoms with Crippen LogP contribution in [0, 0.1) is 0 Å². The van der Waals surface area contributed by atoms with Crippen molar-refractivity contribution in [1.29, 1.82) is 0 Å². The molecule has 156 valence electrons. The molecule has 0 saturated heterocycles. The monoisotopic (exact) mass is 422 g/mol. The zero-order valence-electron chi connectivity index (χ0n) is 16.3. The van der Waals surface area contributed by atoms with E-state index in [1.165, 1.54) is 44.9 Å². The molecule has 1 unspecified atom stereocenters. The summed E-state index contributed by atoms with van der Waals surface area (Å²) < 4.78 is 33.0. The maximum Gasteiger partial charge on any atom is 1.00 e. The largest absolute Gasteiger partial charge is 1.00 e. The summed E-state index contributed by atoms with van der Waals surface area (Å²) in [6.45, 7) is 2.31. The minimum atomic E-state index is -4.23. The molecule has 0 amide bonds. The summed E-state index contributed by atoms with van der Waals surface area (Å²) in [4.78, 5) is 19.3. The van der Waals surface area contributed by atoms with Crippen LogP contribution in [0.3, 0.4) is 0 Å². The molecule has 11 heteroatoms. The fraction of sp³-hybridized carbons (Fsp3) is 0.875. The van der Waals surface area contributed by atoms with Gasteiger partial charge in [0.1, 0.15) is 6.10 Å². The zero-order chi connectivity index (χ0) is 20.4. The Labute approximate surface area is 183 Å². The van der Waals surface area contributed by atoms with E-state index < -0.39 is 34.9 Å². The average molecular weight is 422 g/mol. The molecule has 0 spiro atoms. The van der Waals surface area contributed by atoms with Crippen LogP contribution in [0.2, 0.25) is 0 Å². The summed E-state index contributed by atoms with van der Waals surface area (Å²) in [7, 11) is -4.23. The number of hydrogen-bond acceptors (Lipinski definition) is 7. The van der Waals surface area contributed by atoms with Gasteiger partial charge in [-0.3, -0.25) is 9.35 Å². The molecule has 9 nitrogen and oxygen atoms in total. The molecular weight excluding hydrogens is 391 g/mol. The zero-order valence-corrected chi connectivity index (χ0v) is 19.1. The van der Waals surface area contributed by atoms with E-state index in [1.54, 1.807) is 0 Å². The smallest absolute Gasteiger partial charge is 0.547 e. The molecule has 3 N–H and O–H groups in total. The SMILES string of the molecule is CCCCCCCCCCCCOS(=O)(=O)O.O=C(O)CC(O)C(=O)[O-].[Na+]. The normalized spacial score (nSPS) is 11.7. The topological polar surface area (TPSA) is 161 Å². The Morgan fingerprint density at radius 1 is 0.963 bits per heavy atom. The number of hydrogen-bond donors (Lipinski definition) is 3. The Morgan fingerprint density at radius 3 is 1.67 bits per heavy atom. The van der Waals surface area contributed by atoms with Crippen LogP contribution in [-0.2, 0) is 24.2 Å².